The molecule has 3 unspecified atom stereocenters. The van der Waals surface area contributed by atoms with Crippen LogP contribution in [0.1, 0.15) is 25.8 Å². The molecule has 40 heavy (non-hydrogen) atoms. The summed E-state index contributed by atoms with van der Waals surface area (Å²) in [5.74, 6) is 1.50. The Balaban J connectivity index is 1.88. The Morgan fingerprint density at radius 3 is 2.45 bits per heavy atom. The molecule has 0 aromatic heterocycles. The van der Waals surface area contributed by atoms with Gasteiger partial charge in [-0.15, -0.1) is 23.9 Å². The standard InChI is InChI=1S/C28H34ClN3O7S/c1-4-8-22(30-27(34)15-29)28(35)31-23(13-20-9-6-5-7-10-20)24(33)17-32(16-19(2)3)40(36,37)21-11-12-25-26(14-21)39-18-38-25/h1,5-7,9-12,14,19,22-24,33H,8,13,15-18H2,2-3H3,(H,30,34)(H,31,35). The van der Waals surface area contributed by atoms with Crippen molar-refractivity contribution in [1.29, 1.82) is 0 Å². The molecule has 1 aliphatic heterocycles. The number of amides is 2. The maximum Gasteiger partial charge on any atom is 0.243 e. The average Bonchev–Trinajstić information content (AvgIpc) is 3.40. The summed E-state index contributed by atoms with van der Waals surface area (Å²) in [6, 6.07) is 11.5. The molecule has 3 N–H and O–H groups in total. The first-order chi connectivity index (χ1) is 19.0. The predicted octanol–water partition coefficient (Wildman–Crippen LogP) is 1.90. The third kappa shape index (κ3) is 8.35. The van der Waals surface area contributed by atoms with E-state index in [1.165, 1.54) is 22.5 Å². The van der Waals surface area contributed by atoms with Gasteiger partial charge in [-0.25, -0.2) is 8.42 Å². The molecule has 1 aliphatic rings. The van der Waals surface area contributed by atoms with Crippen molar-refractivity contribution < 1.29 is 32.6 Å². The lowest BCUT2D eigenvalue weighted by Gasteiger charge is -2.31. The number of rotatable bonds is 14. The number of sulfonamides is 1. The Kier molecular flexibility index (Phi) is 11.2. The van der Waals surface area contributed by atoms with Crippen molar-refractivity contribution in [2.75, 3.05) is 25.8 Å². The lowest BCUT2D eigenvalue weighted by molar-refractivity contribution is -0.128. The van der Waals surface area contributed by atoms with Gasteiger partial charge in [0.25, 0.3) is 0 Å². The molecule has 3 atom stereocenters. The summed E-state index contributed by atoms with van der Waals surface area (Å²) in [5.41, 5.74) is 0.805. The summed E-state index contributed by atoms with van der Waals surface area (Å²) >= 11 is 5.57. The maximum atomic E-state index is 13.7. The highest BCUT2D eigenvalue weighted by Crippen LogP contribution is 2.34. The summed E-state index contributed by atoms with van der Waals surface area (Å²) in [4.78, 5) is 25.0. The summed E-state index contributed by atoms with van der Waals surface area (Å²) in [5, 5.41) is 16.6. The number of nitrogens with one attached hydrogen (secondary N) is 2. The first-order valence-corrected chi connectivity index (χ1v) is 14.7. The third-order valence-electron chi connectivity index (χ3n) is 6.13. The molecule has 0 aliphatic carbocycles. The zero-order chi connectivity index (χ0) is 29.3. The van der Waals surface area contributed by atoms with Crippen LogP contribution >= 0.6 is 11.6 Å². The van der Waals surface area contributed by atoms with Crippen LogP contribution in [0.4, 0.5) is 0 Å². The van der Waals surface area contributed by atoms with Crippen LogP contribution < -0.4 is 20.1 Å². The molecular formula is C28H34ClN3O7S. The number of halogens is 1. The first kappa shape index (κ1) is 31.2. The number of alkyl halides is 1. The van der Waals surface area contributed by atoms with Crippen molar-refractivity contribution in [2.24, 2.45) is 5.92 Å². The van der Waals surface area contributed by atoms with Crippen LogP contribution in [0.2, 0.25) is 0 Å². The molecule has 0 saturated heterocycles. The van der Waals surface area contributed by atoms with E-state index in [1.54, 1.807) is 0 Å². The van der Waals surface area contributed by atoms with Gasteiger partial charge in [0.15, 0.2) is 11.5 Å². The quantitative estimate of drug-likeness (QED) is 0.226. The number of aliphatic hydroxyl groups is 1. The molecule has 0 saturated carbocycles. The lowest BCUT2D eigenvalue weighted by atomic mass is 10.00. The zero-order valence-corrected chi connectivity index (χ0v) is 24.0. The van der Waals surface area contributed by atoms with Gasteiger partial charge in [0.2, 0.25) is 28.6 Å². The predicted molar refractivity (Wildman–Crippen MR) is 150 cm³/mol. The summed E-state index contributed by atoms with van der Waals surface area (Å²) < 4.78 is 39.2. The summed E-state index contributed by atoms with van der Waals surface area (Å²) in [6.45, 7) is 3.54. The molecule has 3 rings (SSSR count). The van der Waals surface area contributed by atoms with Gasteiger partial charge >= 0.3 is 0 Å². The number of ether oxygens (including phenoxy) is 2. The van der Waals surface area contributed by atoms with Gasteiger partial charge in [-0.2, -0.15) is 4.31 Å². The number of hydrogen-bond acceptors (Lipinski definition) is 7. The van der Waals surface area contributed by atoms with Crippen molar-refractivity contribution in [2.45, 2.75) is 49.8 Å². The van der Waals surface area contributed by atoms with E-state index in [4.69, 9.17) is 27.5 Å². The minimum Gasteiger partial charge on any atom is -0.454 e. The Morgan fingerprint density at radius 2 is 1.80 bits per heavy atom. The van der Waals surface area contributed by atoms with Crippen LogP contribution in [0, 0.1) is 18.3 Å². The van der Waals surface area contributed by atoms with Crippen LogP contribution in [0.15, 0.2) is 53.4 Å². The Hall–Kier alpha value is -3.30. The number of benzene rings is 2. The number of nitrogens with zero attached hydrogens (tertiary/aromatic N) is 1. The van der Waals surface area contributed by atoms with Crippen molar-refractivity contribution in [1.82, 2.24) is 14.9 Å². The maximum absolute atomic E-state index is 13.7. The molecular weight excluding hydrogens is 558 g/mol. The Bertz CT molecular complexity index is 1310. The Morgan fingerprint density at radius 1 is 1.10 bits per heavy atom. The molecule has 2 aromatic rings. The van der Waals surface area contributed by atoms with E-state index in [1.807, 2.05) is 44.2 Å². The normalized spacial score (nSPS) is 14.8. The van der Waals surface area contributed by atoms with Crippen LogP contribution in [0.3, 0.4) is 0 Å². The molecule has 216 valence electrons. The number of carbonyl (C=O) groups excluding carboxylic acids is 2. The number of carbonyl (C=O) groups is 2. The second kappa shape index (κ2) is 14.4. The van der Waals surface area contributed by atoms with E-state index in [0.717, 1.165) is 5.56 Å². The van der Waals surface area contributed by atoms with Crippen molar-refractivity contribution in [3.63, 3.8) is 0 Å². The van der Waals surface area contributed by atoms with Gasteiger partial charge in [-0.1, -0.05) is 44.2 Å². The highest BCUT2D eigenvalue weighted by Gasteiger charge is 2.33. The molecule has 0 bridgehead atoms. The number of hydrogen-bond donors (Lipinski definition) is 3. The minimum absolute atomic E-state index is 0.000137. The second-order valence-electron chi connectivity index (χ2n) is 9.77. The van der Waals surface area contributed by atoms with Crippen LogP contribution in [-0.4, -0.2) is 73.6 Å². The summed E-state index contributed by atoms with van der Waals surface area (Å²) in [7, 11) is -4.06. The van der Waals surface area contributed by atoms with Crippen LogP contribution in [0.25, 0.3) is 0 Å². The van der Waals surface area contributed by atoms with Gasteiger partial charge in [-0.05, 0) is 30.0 Å². The van der Waals surface area contributed by atoms with Gasteiger partial charge in [0.1, 0.15) is 11.9 Å². The van der Waals surface area contributed by atoms with E-state index in [-0.39, 0.29) is 49.4 Å². The largest absolute Gasteiger partial charge is 0.454 e. The topological polar surface area (TPSA) is 134 Å². The lowest BCUT2D eigenvalue weighted by Crippen LogP contribution is -2.55. The average molecular weight is 592 g/mol. The summed E-state index contributed by atoms with van der Waals surface area (Å²) in [6.07, 6.45) is 4.17. The highest BCUT2D eigenvalue weighted by atomic mass is 35.5. The van der Waals surface area contributed by atoms with Gasteiger partial charge in [0.05, 0.1) is 17.0 Å². The third-order valence-corrected chi connectivity index (χ3v) is 8.20. The smallest absolute Gasteiger partial charge is 0.243 e. The molecule has 10 nitrogen and oxygen atoms in total. The second-order valence-corrected chi connectivity index (χ2v) is 12.0. The molecule has 0 spiro atoms. The van der Waals surface area contributed by atoms with E-state index in [0.29, 0.717) is 11.5 Å². The van der Waals surface area contributed by atoms with Gasteiger partial charge in [-0.3, -0.25) is 9.59 Å². The van der Waals surface area contributed by atoms with Gasteiger partial charge < -0.3 is 25.2 Å². The van der Waals surface area contributed by atoms with Crippen molar-refractivity contribution in [3.8, 4) is 23.8 Å². The minimum atomic E-state index is -4.06. The van der Waals surface area contributed by atoms with Crippen LogP contribution in [0.5, 0.6) is 11.5 Å². The SMILES string of the molecule is C#CCC(NC(=O)CCl)C(=O)NC(Cc1ccccc1)C(O)CN(CC(C)C)S(=O)(=O)c1ccc2c(c1)OCO2. The van der Waals surface area contributed by atoms with Crippen molar-refractivity contribution >= 4 is 33.4 Å². The van der Waals surface area contributed by atoms with E-state index in [2.05, 4.69) is 16.6 Å². The van der Waals surface area contributed by atoms with Crippen molar-refractivity contribution in [3.05, 3.63) is 54.1 Å². The monoisotopic (exact) mass is 591 g/mol. The molecule has 1 heterocycles. The fraction of sp³-hybridized carbons (Fsp3) is 0.429. The fourth-order valence-electron chi connectivity index (χ4n) is 4.19. The molecule has 12 heteroatoms. The van der Waals surface area contributed by atoms with E-state index < -0.39 is 40.0 Å². The zero-order valence-electron chi connectivity index (χ0n) is 22.4. The molecule has 0 radical (unpaired) electrons. The van der Waals surface area contributed by atoms with E-state index in [9.17, 15) is 23.1 Å². The van der Waals surface area contributed by atoms with E-state index >= 15 is 0 Å². The highest BCUT2D eigenvalue weighted by molar-refractivity contribution is 7.89. The number of fused-ring (bicyclic) bond motifs is 1. The molecule has 2 aromatic carbocycles. The van der Waals surface area contributed by atoms with Crippen LogP contribution in [-0.2, 0) is 26.0 Å². The molecule has 2 amide bonds. The number of aliphatic hydroxyl groups excluding tert-OH is 1. The number of terminal acetylenes is 1. The molecule has 0 fully saturated rings. The van der Waals surface area contributed by atoms with Gasteiger partial charge in [0, 0.05) is 25.6 Å². The Labute approximate surface area is 240 Å². The fourth-order valence-corrected chi connectivity index (χ4v) is 5.91. The first-order valence-electron chi connectivity index (χ1n) is 12.8.